The van der Waals surface area contributed by atoms with Crippen molar-refractivity contribution in [3.63, 3.8) is 0 Å². The molecular formula is C23H29IN4O4S. The van der Waals surface area contributed by atoms with Gasteiger partial charge in [0.05, 0.1) is 4.90 Å². The van der Waals surface area contributed by atoms with Crippen LogP contribution < -0.4 is 10.2 Å². The van der Waals surface area contributed by atoms with Gasteiger partial charge in [0, 0.05) is 56.0 Å². The second kappa shape index (κ2) is 10.8. The van der Waals surface area contributed by atoms with Gasteiger partial charge >= 0.3 is 0 Å². The lowest BCUT2D eigenvalue weighted by molar-refractivity contribution is -0.135. The Kier molecular flexibility index (Phi) is 8.35. The predicted octanol–water partition coefficient (Wildman–Crippen LogP) is 2.29. The third-order valence-corrected chi connectivity index (χ3v) is 8.27. The van der Waals surface area contributed by atoms with Crippen LogP contribution in [-0.4, -0.2) is 69.2 Å². The molecule has 1 aliphatic heterocycles. The Morgan fingerprint density at radius 1 is 1.06 bits per heavy atom. The summed E-state index contributed by atoms with van der Waals surface area (Å²) >= 11 is 2.11. The molecule has 1 atom stereocenters. The van der Waals surface area contributed by atoms with Gasteiger partial charge in [-0.15, -0.1) is 0 Å². The summed E-state index contributed by atoms with van der Waals surface area (Å²) in [5, 5.41) is 2.86. The summed E-state index contributed by atoms with van der Waals surface area (Å²) in [6.07, 6.45) is 0.302. The number of anilines is 1. The minimum absolute atomic E-state index is 0.0294. The molecule has 3 rings (SSSR count). The molecule has 2 aromatic carbocycles. The lowest BCUT2D eigenvalue weighted by Crippen LogP contribution is -2.61. The number of nitrogens with zero attached hydrogens (tertiary/aromatic N) is 3. The standard InChI is InChI=1S/C23H29IN4O4S/c1-4-22(29)27-13-14-28(33(31,32)20-11-7-18(24)8-12-20)21(16-27)23(30)25-15-17-5-9-19(10-6-17)26(2)3/h5-12,21H,4,13-16H2,1-3H3,(H,25,30). The molecular weight excluding hydrogens is 555 g/mol. The molecule has 0 spiro atoms. The van der Waals surface area contributed by atoms with Crippen molar-refractivity contribution >= 4 is 50.1 Å². The minimum Gasteiger partial charge on any atom is -0.378 e. The van der Waals surface area contributed by atoms with Gasteiger partial charge in [-0.05, 0) is 64.6 Å². The SMILES string of the molecule is CCC(=O)N1CCN(S(=O)(=O)c2ccc(I)cc2)C(C(=O)NCc2ccc(N(C)C)cc2)C1. The van der Waals surface area contributed by atoms with E-state index >= 15 is 0 Å². The van der Waals surface area contributed by atoms with Crippen molar-refractivity contribution in [1.82, 2.24) is 14.5 Å². The number of nitrogens with one attached hydrogen (secondary N) is 1. The normalized spacial score (nSPS) is 17.0. The van der Waals surface area contributed by atoms with Crippen molar-refractivity contribution in [3.8, 4) is 0 Å². The first kappa shape index (κ1) is 25.4. The number of piperazine rings is 1. The molecule has 1 saturated heterocycles. The summed E-state index contributed by atoms with van der Waals surface area (Å²) in [4.78, 5) is 29.2. The molecule has 8 nitrogen and oxygen atoms in total. The van der Waals surface area contributed by atoms with Gasteiger partial charge in [-0.2, -0.15) is 4.31 Å². The van der Waals surface area contributed by atoms with E-state index in [-0.39, 0.29) is 37.0 Å². The molecule has 0 aliphatic carbocycles. The molecule has 1 heterocycles. The number of carbonyl (C=O) groups is 2. The monoisotopic (exact) mass is 584 g/mol. The average molecular weight is 584 g/mol. The van der Waals surface area contributed by atoms with Crippen LogP contribution in [0.4, 0.5) is 5.69 Å². The second-order valence-electron chi connectivity index (χ2n) is 8.06. The van der Waals surface area contributed by atoms with Crippen LogP contribution in [0.3, 0.4) is 0 Å². The van der Waals surface area contributed by atoms with Gasteiger partial charge in [-0.3, -0.25) is 9.59 Å². The van der Waals surface area contributed by atoms with Gasteiger partial charge in [0.15, 0.2) is 0 Å². The van der Waals surface area contributed by atoms with Gasteiger partial charge in [0.25, 0.3) is 0 Å². The molecule has 178 valence electrons. The van der Waals surface area contributed by atoms with Gasteiger partial charge in [-0.1, -0.05) is 19.1 Å². The Bertz CT molecular complexity index is 1090. The molecule has 1 aliphatic rings. The number of rotatable bonds is 7. The summed E-state index contributed by atoms with van der Waals surface area (Å²) < 4.78 is 28.9. The Morgan fingerprint density at radius 3 is 2.27 bits per heavy atom. The molecule has 2 amide bonds. The predicted molar refractivity (Wildman–Crippen MR) is 136 cm³/mol. The minimum atomic E-state index is -3.90. The van der Waals surface area contributed by atoms with E-state index in [9.17, 15) is 18.0 Å². The Morgan fingerprint density at radius 2 is 1.70 bits per heavy atom. The largest absolute Gasteiger partial charge is 0.378 e. The third-order valence-electron chi connectivity index (χ3n) is 5.63. The van der Waals surface area contributed by atoms with E-state index in [1.165, 1.54) is 4.31 Å². The fourth-order valence-electron chi connectivity index (χ4n) is 3.68. The molecule has 0 radical (unpaired) electrons. The summed E-state index contributed by atoms with van der Waals surface area (Å²) in [7, 11) is -0.000733. The van der Waals surface area contributed by atoms with Crippen molar-refractivity contribution in [2.24, 2.45) is 0 Å². The molecule has 10 heteroatoms. The molecule has 1 N–H and O–H groups in total. The van der Waals surface area contributed by atoms with Crippen LogP contribution in [0.25, 0.3) is 0 Å². The van der Waals surface area contributed by atoms with Crippen LogP contribution in [0.5, 0.6) is 0 Å². The summed E-state index contributed by atoms with van der Waals surface area (Å²) in [6.45, 7) is 2.37. The Labute approximate surface area is 209 Å². The van der Waals surface area contributed by atoms with E-state index in [4.69, 9.17) is 0 Å². The smallest absolute Gasteiger partial charge is 0.243 e. The van der Waals surface area contributed by atoms with Crippen LogP contribution in [-0.2, 0) is 26.2 Å². The Balaban J connectivity index is 1.81. The van der Waals surface area contributed by atoms with Crippen molar-refractivity contribution in [2.45, 2.75) is 30.8 Å². The van der Waals surface area contributed by atoms with Crippen molar-refractivity contribution in [3.05, 3.63) is 57.7 Å². The van der Waals surface area contributed by atoms with Gasteiger partial charge in [0.2, 0.25) is 21.8 Å². The van der Waals surface area contributed by atoms with Crippen molar-refractivity contribution in [2.75, 3.05) is 38.6 Å². The number of amides is 2. The first-order valence-electron chi connectivity index (χ1n) is 10.7. The van der Waals surface area contributed by atoms with Crippen LogP contribution >= 0.6 is 22.6 Å². The van der Waals surface area contributed by atoms with Gasteiger partial charge in [-0.25, -0.2) is 8.42 Å². The van der Waals surface area contributed by atoms with Gasteiger partial charge in [0.1, 0.15) is 6.04 Å². The van der Waals surface area contributed by atoms with E-state index < -0.39 is 22.0 Å². The van der Waals surface area contributed by atoms with Crippen molar-refractivity contribution in [1.29, 1.82) is 0 Å². The maximum atomic E-state index is 13.4. The maximum absolute atomic E-state index is 13.4. The quantitative estimate of drug-likeness (QED) is 0.505. The van der Waals surface area contributed by atoms with E-state index in [1.807, 2.05) is 43.3 Å². The highest BCUT2D eigenvalue weighted by Gasteiger charge is 2.41. The van der Waals surface area contributed by atoms with Crippen LogP contribution in [0, 0.1) is 3.57 Å². The highest BCUT2D eigenvalue weighted by molar-refractivity contribution is 14.1. The van der Waals surface area contributed by atoms with E-state index in [0.717, 1.165) is 14.8 Å². The fraction of sp³-hybridized carbons (Fsp3) is 0.391. The number of sulfonamides is 1. The molecule has 0 aromatic heterocycles. The maximum Gasteiger partial charge on any atom is 0.243 e. The molecule has 1 unspecified atom stereocenters. The van der Waals surface area contributed by atoms with Crippen LogP contribution in [0.15, 0.2) is 53.4 Å². The lowest BCUT2D eigenvalue weighted by Gasteiger charge is -2.39. The third kappa shape index (κ3) is 6.04. The number of halogens is 1. The highest BCUT2D eigenvalue weighted by atomic mass is 127. The van der Waals surface area contributed by atoms with E-state index in [2.05, 4.69) is 27.9 Å². The second-order valence-corrected chi connectivity index (χ2v) is 11.2. The molecule has 1 fully saturated rings. The zero-order valence-corrected chi connectivity index (χ0v) is 22.0. The first-order chi connectivity index (χ1) is 15.6. The fourth-order valence-corrected chi connectivity index (χ4v) is 5.61. The van der Waals surface area contributed by atoms with E-state index in [0.29, 0.717) is 6.42 Å². The summed E-state index contributed by atoms with van der Waals surface area (Å²) in [5.41, 5.74) is 1.94. The Hall–Kier alpha value is -2.18. The zero-order valence-electron chi connectivity index (χ0n) is 19.0. The zero-order chi connectivity index (χ0) is 24.2. The first-order valence-corrected chi connectivity index (χ1v) is 13.2. The number of carbonyl (C=O) groups excluding carboxylic acids is 2. The summed E-state index contributed by atoms with van der Waals surface area (Å²) in [5.74, 6) is -0.521. The lowest BCUT2D eigenvalue weighted by atomic mass is 10.1. The molecule has 0 saturated carbocycles. The van der Waals surface area contributed by atoms with Crippen molar-refractivity contribution < 1.29 is 18.0 Å². The summed E-state index contributed by atoms with van der Waals surface area (Å²) in [6, 6.07) is 13.3. The number of benzene rings is 2. The number of hydrogen-bond donors (Lipinski definition) is 1. The average Bonchev–Trinajstić information content (AvgIpc) is 2.82. The van der Waals surface area contributed by atoms with E-state index in [1.54, 1.807) is 36.1 Å². The van der Waals surface area contributed by atoms with Crippen LogP contribution in [0.2, 0.25) is 0 Å². The topological polar surface area (TPSA) is 90.0 Å². The molecule has 2 aromatic rings. The highest BCUT2D eigenvalue weighted by Crippen LogP contribution is 2.23. The van der Waals surface area contributed by atoms with Crippen LogP contribution in [0.1, 0.15) is 18.9 Å². The molecule has 33 heavy (non-hydrogen) atoms. The molecule has 0 bridgehead atoms. The number of hydrogen-bond acceptors (Lipinski definition) is 5. The van der Waals surface area contributed by atoms with Gasteiger partial charge < -0.3 is 15.1 Å².